The second-order valence-electron chi connectivity index (χ2n) is 4.10. The second kappa shape index (κ2) is 7.74. The summed E-state index contributed by atoms with van der Waals surface area (Å²) in [4.78, 5) is 18.2. The minimum atomic E-state index is 0. The molecule has 5 heteroatoms. The van der Waals surface area contributed by atoms with Crippen molar-refractivity contribution < 1.29 is 4.79 Å². The molecule has 0 N–H and O–H groups in total. The molecule has 0 aromatic heterocycles. The Labute approximate surface area is 105 Å². The molecule has 1 heterocycles. The molecule has 0 atom stereocenters. The number of hydrogen-bond donors (Lipinski definition) is 0. The van der Waals surface area contributed by atoms with E-state index in [9.17, 15) is 4.79 Å². The summed E-state index contributed by atoms with van der Waals surface area (Å²) in [5.41, 5.74) is 0. The molecule has 0 spiro atoms. The maximum Gasteiger partial charge on any atom is 0.320 e. The molecule has 0 aliphatic carbocycles. The molecule has 0 aromatic carbocycles. The van der Waals surface area contributed by atoms with Gasteiger partial charge in [0.15, 0.2) is 0 Å². The SMILES string of the molecule is CCN(CC)C(=O)N1CCCN(C)CC1.Cl. The van der Waals surface area contributed by atoms with E-state index in [1.165, 1.54) is 0 Å². The van der Waals surface area contributed by atoms with Gasteiger partial charge in [-0.1, -0.05) is 0 Å². The van der Waals surface area contributed by atoms with E-state index >= 15 is 0 Å². The van der Waals surface area contributed by atoms with Crippen LogP contribution in [0.5, 0.6) is 0 Å². The number of rotatable bonds is 2. The van der Waals surface area contributed by atoms with E-state index in [4.69, 9.17) is 0 Å². The molecule has 0 radical (unpaired) electrons. The Bertz CT molecular complexity index is 209. The fourth-order valence-electron chi connectivity index (χ4n) is 1.93. The monoisotopic (exact) mass is 249 g/mol. The smallest absolute Gasteiger partial charge is 0.320 e. The van der Waals surface area contributed by atoms with Crippen molar-refractivity contribution in [2.45, 2.75) is 20.3 Å². The third-order valence-corrected chi connectivity index (χ3v) is 3.02. The third-order valence-electron chi connectivity index (χ3n) is 3.02. The highest BCUT2D eigenvalue weighted by Crippen LogP contribution is 2.05. The minimum Gasteiger partial charge on any atom is -0.325 e. The van der Waals surface area contributed by atoms with Crippen molar-refractivity contribution in [3.8, 4) is 0 Å². The molecule has 0 saturated carbocycles. The quantitative estimate of drug-likeness (QED) is 0.742. The van der Waals surface area contributed by atoms with E-state index < -0.39 is 0 Å². The van der Waals surface area contributed by atoms with E-state index in [2.05, 4.69) is 11.9 Å². The Morgan fingerprint density at radius 1 is 1.12 bits per heavy atom. The van der Waals surface area contributed by atoms with Gasteiger partial charge in [0.1, 0.15) is 0 Å². The van der Waals surface area contributed by atoms with Gasteiger partial charge in [-0.25, -0.2) is 4.79 Å². The number of hydrogen-bond acceptors (Lipinski definition) is 2. The van der Waals surface area contributed by atoms with Crippen molar-refractivity contribution in [3.05, 3.63) is 0 Å². The van der Waals surface area contributed by atoms with Crippen molar-refractivity contribution in [3.63, 3.8) is 0 Å². The fourth-order valence-corrected chi connectivity index (χ4v) is 1.93. The molecular weight excluding hydrogens is 226 g/mol. The topological polar surface area (TPSA) is 26.8 Å². The van der Waals surface area contributed by atoms with Gasteiger partial charge in [0, 0.05) is 32.7 Å². The lowest BCUT2D eigenvalue weighted by Gasteiger charge is -2.28. The Balaban J connectivity index is 0.00000225. The van der Waals surface area contributed by atoms with Gasteiger partial charge in [0.25, 0.3) is 0 Å². The van der Waals surface area contributed by atoms with Crippen molar-refractivity contribution in [2.24, 2.45) is 0 Å². The molecule has 1 saturated heterocycles. The second-order valence-corrected chi connectivity index (χ2v) is 4.10. The summed E-state index contributed by atoms with van der Waals surface area (Å²) in [6.07, 6.45) is 1.09. The lowest BCUT2D eigenvalue weighted by atomic mass is 10.4. The van der Waals surface area contributed by atoms with Crippen LogP contribution in [0, 0.1) is 0 Å². The molecule has 1 rings (SSSR count). The Morgan fingerprint density at radius 3 is 2.31 bits per heavy atom. The summed E-state index contributed by atoms with van der Waals surface area (Å²) < 4.78 is 0. The van der Waals surface area contributed by atoms with Crippen molar-refractivity contribution in [1.82, 2.24) is 14.7 Å². The van der Waals surface area contributed by atoms with Gasteiger partial charge in [-0.15, -0.1) is 12.4 Å². The van der Waals surface area contributed by atoms with E-state index in [1.807, 2.05) is 23.6 Å². The van der Waals surface area contributed by atoms with Gasteiger partial charge in [0.05, 0.1) is 0 Å². The van der Waals surface area contributed by atoms with Crippen LogP contribution in [0.3, 0.4) is 0 Å². The highest BCUT2D eigenvalue weighted by atomic mass is 35.5. The van der Waals surface area contributed by atoms with Crippen molar-refractivity contribution >= 4 is 18.4 Å². The van der Waals surface area contributed by atoms with E-state index in [0.29, 0.717) is 0 Å². The van der Waals surface area contributed by atoms with E-state index in [0.717, 1.165) is 45.7 Å². The molecule has 0 unspecified atom stereocenters. The molecule has 1 aliphatic rings. The number of halogens is 1. The van der Waals surface area contributed by atoms with E-state index in [-0.39, 0.29) is 18.4 Å². The molecule has 16 heavy (non-hydrogen) atoms. The average molecular weight is 250 g/mol. The number of carbonyl (C=O) groups excluding carboxylic acids is 1. The number of nitrogens with zero attached hydrogens (tertiary/aromatic N) is 3. The van der Waals surface area contributed by atoms with Crippen LogP contribution in [0.15, 0.2) is 0 Å². The summed E-state index contributed by atoms with van der Waals surface area (Å²) in [6, 6.07) is 0.204. The molecular formula is C11H24ClN3O. The number of likely N-dealkylation sites (N-methyl/N-ethyl adjacent to an activating group) is 1. The molecule has 1 aliphatic heterocycles. The maximum absolute atomic E-state index is 12.1. The van der Waals surface area contributed by atoms with Crippen LogP contribution >= 0.6 is 12.4 Å². The first-order valence-corrected chi connectivity index (χ1v) is 5.91. The lowest BCUT2D eigenvalue weighted by molar-refractivity contribution is 0.159. The number of urea groups is 1. The van der Waals surface area contributed by atoms with Crippen molar-refractivity contribution in [1.29, 1.82) is 0 Å². The van der Waals surface area contributed by atoms with Crippen LogP contribution in [0.1, 0.15) is 20.3 Å². The van der Waals surface area contributed by atoms with Crippen LogP contribution in [0.25, 0.3) is 0 Å². The Hall–Kier alpha value is -0.480. The summed E-state index contributed by atoms with van der Waals surface area (Å²) in [7, 11) is 2.12. The van der Waals surface area contributed by atoms with Gasteiger partial charge >= 0.3 is 6.03 Å². The first kappa shape index (κ1) is 15.5. The zero-order valence-corrected chi connectivity index (χ0v) is 11.4. The van der Waals surface area contributed by atoms with Crippen LogP contribution in [-0.4, -0.2) is 67.0 Å². The van der Waals surface area contributed by atoms with Crippen LogP contribution in [0.2, 0.25) is 0 Å². The predicted molar refractivity (Wildman–Crippen MR) is 69.3 cm³/mol. The lowest BCUT2D eigenvalue weighted by Crippen LogP contribution is -2.44. The van der Waals surface area contributed by atoms with E-state index in [1.54, 1.807) is 0 Å². The van der Waals surface area contributed by atoms with Crippen LogP contribution in [-0.2, 0) is 0 Å². The van der Waals surface area contributed by atoms with Crippen LogP contribution in [0.4, 0.5) is 4.79 Å². The molecule has 1 fully saturated rings. The summed E-state index contributed by atoms with van der Waals surface area (Å²) in [6.45, 7) is 9.54. The van der Waals surface area contributed by atoms with Gasteiger partial charge in [-0.3, -0.25) is 0 Å². The molecule has 96 valence electrons. The summed E-state index contributed by atoms with van der Waals surface area (Å²) in [5.74, 6) is 0. The average Bonchev–Trinajstić information content (AvgIpc) is 2.44. The number of amides is 2. The van der Waals surface area contributed by atoms with Gasteiger partial charge in [-0.05, 0) is 33.9 Å². The molecule has 4 nitrogen and oxygen atoms in total. The van der Waals surface area contributed by atoms with Gasteiger partial charge < -0.3 is 14.7 Å². The molecule has 2 amide bonds. The van der Waals surface area contributed by atoms with Crippen molar-refractivity contribution in [2.75, 3.05) is 46.3 Å². The predicted octanol–water partition coefficient (Wildman–Crippen LogP) is 1.51. The largest absolute Gasteiger partial charge is 0.325 e. The molecule has 0 aromatic rings. The Kier molecular flexibility index (Phi) is 7.51. The number of carbonyl (C=O) groups is 1. The zero-order chi connectivity index (χ0) is 11.3. The zero-order valence-electron chi connectivity index (χ0n) is 10.6. The van der Waals surface area contributed by atoms with Gasteiger partial charge in [0.2, 0.25) is 0 Å². The van der Waals surface area contributed by atoms with Crippen LogP contribution < -0.4 is 0 Å². The minimum absolute atomic E-state index is 0. The third kappa shape index (κ3) is 4.18. The first-order valence-electron chi connectivity index (χ1n) is 5.91. The first-order chi connectivity index (χ1) is 7.19. The maximum atomic E-state index is 12.1. The molecule has 0 bridgehead atoms. The Morgan fingerprint density at radius 2 is 1.75 bits per heavy atom. The summed E-state index contributed by atoms with van der Waals surface area (Å²) in [5, 5.41) is 0. The summed E-state index contributed by atoms with van der Waals surface area (Å²) >= 11 is 0. The highest BCUT2D eigenvalue weighted by molar-refractivity contribution is 5.85. The van der Waals surface area contributed by atoms with Gasteiger partial charge in [-0.2, -0.15) is 0 Å². The normalized spacial score (nSPS) is 17.6. The highest BCUT2D eigenvalue weighted by Gasteiger charge is 2.20. The fraction of sp³-hybridized carbons (Fsp3) is 0.909. The standard InChI is InChI=1S/C11H23N3O.ClH/c1-4-13(5-2)11(15)14-8-6-7-12(3)9-10-14;/h4-10H2,1-3H3;1H.